The summed E-state index contributed by atoms with van der Waals surface area (Å²) in [6.45, 7) is 4.49. The number of nitrogens with zero attached hydrogens (tertiary/aromatic N) is 1. The standard InChI is InChI=1S/C8H17N/c1-4-5-8(2)6-7-9-3/h7-8H,4-6H2,1-3H3. The summed E-state index contributed by atoms with van der Waals surface area (Å²) in [5, 5.41) is 0. The minimum absolute atomic E-state index is 0.818. The van der Waals surface area contributed by atoms with Gasteiger partial charge < -0.3 is 4.99 Å². The largest absolute Gasteiger partial charge is 0.301 e. The molecule has 1 atom stereocenters. The van der Waals surface area contributed by atoms with E-state index in [0.717, 1.165) is 12.3 Å². The van der Waals surface area contributed by atoms with Crippen molar-refractivity contribution in [3.63, 3.8) is 0 Å². The van der Waals surface area contributed by atoms with E-state index in [0.29, 0.717) is 0 Å². The molecule has 0 N–H and O–H groups in total. The molecule has 0 radical (unpaired) electrons. The molecule has 0 saturated carbocycles. The fraction of sp³-hybridized carbons (Fsp3) is 0.875. The first-order valence-corrected chi connectivity index (χ1v) is 3.71. The van der Waals surface area contributed by atoms with Crippen molar-refractivity contribution in [2.45, 2.75) is 33.1 Å². The molecule has 0 aliphatic rings. The fourth-order valence-electron chi connectivity index (χ4n) is 0.896. The Morgan fingerprint density at radius 2 is 2.22 bits per heavy atom. The highest BCUT2D eigenvalue weighted by Gasteiger charge is 1.95. The normalized spacial score (nSPS) is 14.6. The van der Waals surface area contributed by atoms with Gasteiger partial charge in [-0.1, -0.05) is 26.7 Å². The Kier molecular flexibility index (Phi) is 5.59. The highest BCUT2D eigenvalue weighted by atomic mass is 14.6. The first kappa shape index (κ1) is 8.67. The maximum atomic E-state index is 3.93. The minimum Gasteiger partial charge on any atom is -0.301 e. The molecule has 9 heavy (non-hydrogen) atoms. The second-order valence-corrected chi connectivity index (χ2v) is 2.57. The molecular formula is C8H17N. The van der Waals surface area contributed by atoms with E-state index >= 15 is 0 Å². The van der Waals surface area contributed by atoms with E-state index in [-0.39, 0.29) is 0 Å². The van der Waals surface area contributed by atoms with Gasteiger partial charge in [0, 0.05) is 7.05 Å². The molecule has 0 saturated heterocycles. The topological polar surface area (TPSA) is 12.4 Å². The van der Waals surface area contributed by atoms with Crippen molar-refractivity contribution in [1.82, 2.24) is 0 Å². The van der Waals surface area contributed by atoms with E-state index in [1.54, 1.807) is 0 Å². The second-order valence-electron chi connectivity index (χ2n) is 2.57. The minimum atomic E-state index is 0.818. The molecule has 0 heterocycles. The third-order valence-electron chi connectivity index (χ3n) is 1.47. The molecule has 0 aliphatic heterocycles. The van der Waals surface area contributed by atoms with Crippen molar-refractivity contribution in [2.24, 2.45) is 10.9 Å². The summed E-state index contributed by atoms with van der Waals surface area (Å²) in [5.41, 5.74) is 0. The Morgan fingerprint density at radius 3 is 2.67 bits per heavy atom. The molecule has 0 fully saturated rings. The van der Waals surface area contributed by atoms with Gasteiger partial charge in [0.15, 0.2) is 0 Å². The molecule has 0 amide bonds. The summed E-state index contributed by atoms with van der Waals surface area (Å²) in [7, 11) is 1.83. The van der Waals surface area contributed by atoms with Crippen molar-refractivity contribution in [2.75, 3.05) is 7.05 Å². The highest BCUT2D eigenvalue weighted by molar-refractivity contribution is 5.57. The molecule has 0 spiro atoms. The smallest absolute Gasteiger partial charge is 0.0273 e. The summed E-state index contributed by atoms with van der Waals surface area (Å²) < 4.78 is 0. The summed E-state index contributed by atoms with van der Waals surface area (Å²) in [4.78, 5) is 3.93. The van der Waals surface area contributed by atoms with Crippen molar-refractivity contribution in [3.05, 3.63) is 0 Å². The van der Waals surface area contributed by atoms with Crippen molar-refractivity contribution < 1.29 is 0 Å². The first-order valence-electron chi connectivity index (χ1n) is 3.71. The lowest BCUT2D eigenvalue weighted by atomic mass is 10.0. The molecule has 0 rings (SSSR count). The van der Waals surface area contributed by atoms with E-state index in [2.05, 4.69) is 18.8 Å². The second kappa shape index (κ2) is 5.80. The van der Waals surface area contributed by atoms with Gasteiger partial charge >= 0.3 is 0 Å². The molecule has 0 aliphatic carbocycles. The zero-order valence-corrected chi connectivity index (χ0v) is 6.72. The van der Waals surface area contributed by atoms with Gasteiger partial charge in [0.05, 0.1) is 0 Å². The quantitative estimate of drug-likeness (QED) is 0.514. The van der Waals surface area contributed by atoms with E-state index in [9.17, 15) is 0 Å². The first-order chi connectivity index (χ1) is 4.31. The van der Waals surface area contributed by atoms with Crippen LogP contribution in [0.15, 0.2) is 4.99 Å². The lowest BCUT2D eigenvalue weighted by molar-refractivity contribution is 0.548. The molecular weight excluding hydrogens is 110 g/mol. The maximum Gasteiger partial charge on any atom is 0.0273 e. The predicted octanol–water partition coefficient (Wildman–Crippen LogP) is 2.51. The zero-order valence-electron chi connectivity index (χ0n) is 6.72. The van der Waals surface area contributed by atoms with Crippen LogP contribution in [0.25, 0.3) is 0 Å². The van der Waals surface area contributed by atoms with Crippen molar-refractivity contribution in [3.8, 4) is 0 Å². The molecule has 1 nitrogen and oxygen atoms in total. The van der Waals surface area contributed by atoms with Crippen LogP contribution in [-0.2, 0) is 0 Å². The number of hydrogen-bond acceptors (Lipinski definition) is 1. The maximum absolute atomic E-state index is 3.93. The van der Waals surface area contributed by atoms with Crippen LogP contribution in [0.3, 0.4) is 0 Å². The van der Waals surface area contributed by atoms with Crippen LogP contribution in [0.4, 0.5) is 0 Å². The molecule has 54 valence electrons. The van der Waals surface area contributed by atoms with Gasteiger partial charge in [-0.25, -0.2) is 0 Å². The molecule has 1 unspecified atom stereocenters. The summed E-state index contributed by atoms with van der Waals surface area (Å²) in [6.07, 6.45) is 5.76. The van der Waals surface area contributed by atoms with E-state index in [1.165, 1.54) is 12.8 Å². The summed E-state index contributed by atoms with van der Waals surface area (Å²) in [6, 6.07) is 0. The summed E-state index contributed by atoms with van der Waals surface area (Å²) >= 11 is 0. The van der Waals surface area contributed by atoms with Crippen LogP contribution in [0.5, 0.6) is 0 Å². The molecule has 0 aromatic heterocycles. The number of hydrogen-bond donors (Lipinski definition) is 0. The van der Waals surface area contributed by atoms with Crippen LogP contribution in [-0.4, -0.2) is 13.3 Å². The van der Waals surface area contributed by atoms with Gasteiger partial charge in [0.2, 0.25) is 0 Å². The average Bonchev–Trinajstić information content (AvgIpc) is 1.85. The predicted molar refractivity (Wildman–Crippen MR) is 43.1 cm³/mol. The molecule has 1 heteroatoms. The fourth-order valence-corrected chi connectivity index (χ4v) is 0.896. The Hall–Kier alpha value is -0.330. The van der Waals surface area contributed by atoms with Crippen LogP contribution in [0.2, 0.25) is 0 Å². The van der Waals surface area contributed by atoms with Gasteiger partial charge in [-0.15, -0.1) is 0 Å². The van der Waals surface area contributed by atoms with Crippen LogP contribution >= 0.6 is 0 Å². The Morgan fingerprint density at radius 1 is 1.56 bits per heavy atom. The third kappa shape index (κ3) is 5.54. The van der Waals surface area contributed by atoms with Gasteiger partial charge in [0.25, 0.3) is 0 Å². The van der Waals surface area contributed by atoms with Crippen LogP contribution < -0.4 is 0 Å². The van der Waals surface area contributed by atoms with Gasteiger partial charge in [-0.05, 0) is 18.6 Å². The lowest BCUT2D eigenvalue weighted by Gasteiger charge is -2.03. The molecule has 0 bridgehead atoms. The SMILES string of the molecule is CCCC(C)CC=NC. The van der Waals surface area contributed by atoms with Crippen molar-refractivity contribution in [1.29, 1.82) is 0 Å². The lowest BCUT2D eigenvalue weighted by Crippen LogP contribution is -1.93. The van der Waals surface area contributed by atoms with E-state index in [4.69, 9.17) is 0 Å². The molecule has 0 aromatic carbocycles. The summed E-state index contributed by atoms with van der Waals surface area (Å²) in [5.74, 6) is 0.818. The Balaban J connectivity index is 3.15. The number of rotatable bonds is 4. The van der Waals surface area contributed by atoms with Gasteiger partial charge in [-0.2, -0.15) is 0 Å². The Bertz CT molecular complexity index is 76.6. The number of aliphatic imine (C=N–C) groups is 1. The average molecular weight is 127 g/mol. The molecule has 0 aromatic rings. The van der Waals surface area contributed by atoms with Gasteiger partial charge in [-0.3, -0.25) is 0 Å². The monoisotopic (exact) mass is 127 g/mol. The Labute approximate surface area is 58.2 Å². The highest BCUT2D eigenvalue weighted by Crippen LogP contribution is 2.07. The third-order valence-corrected chi connectivity index (χ3v) is 1.47. The van der Waals surface area contributed by atoms with Crippen molar-refractivity contribution >= 4 is 6.21 Å². The zero-order chi connectivity index (χ0) is 7.11. The van der Waals surface area contributed by atoms with E-state index < -0.39 is 0 Å². The van der Waals surface area contributed by atoms with Crippen LogP contribution in [0.1, 0.15) is 33.1 Å². The van der Waals surface area contributed by atoms with E-state index in [1.807, 2.05) is 13.3 Å². The van der Waals surface area contributed by atoms with Crippen LogP contribution in [0, 0.1) is 5.92 Å². The van der Waals surface area contributed by atoms with Gasteiger partial charge in [0.1, 0.15) is 0 Å².